The minimum atomic E-state index is -0.138. The Bertz CT molecular complexity index is 883. The number of amides is 1. The number of nitrogens with one attached hydrogen (secondary N) is 2. The molecule has 2 aromatic rings. The number of nitrogens with zero attached hydrogens (tertiary/aromatic N) is 3. The molecule has 1 saturated heterocycles. The lowest BCUT2D eigenvalue weighted by atomic mass is 10.1. The largest absolute Gasteiger partial charge is 0.497 e. The highest BCUT2D eigenvalue weighted by Gasteiger charge is 2.21. The van der Waals surface area contributed by atoms with Gasteiger partial charge in [-0.3, -0.25) is 9.69 Å². The number of piperazine rings is 1. The molecule has 0 saturated carbocycles. The minimum absolute atomic E-state index is 0. The van der Waals surface area contributed by atoms with Crippen LogP contribution in [0.25, 0.3) is 0 Å². The zero-order valence-electron chi connectivity index (χ0n) is 19.5. The zero-order valence-corrected chi connectivity index (χ0v) is 21.8. The van der Waals surface area contributed by atoms with Crippen molar-refractivity contribution in [1.29, 1.82) is 0 Å². The third kappa shape index (κ3) is 8.11. The average Bonchev–Trinajstić information content (AvgIpc) is 3.34. The number of rotatable bonds is 9. The SMILES string of the molecule is CCNC(=NCC(=O)NCc1ccco1)N1CCN(Cc2cc(OC)ccc2OC)CC1.I. The number of benzene rings is 1. The zero-order chi connectivity index (χ0) is 22.8. The fourth-order valence-corrected chi connectivity index (χ4v) is 3.59. The van der Waals surface area contributed by atoms with E-state index in [1.807, 2.05) is 31.2 Å². The Hall–Kier alpha value is -2.47. The average molecular weight is 571 g/mol. The molecule has 0 atom stereocenters. The van der Waals surface area contributed by atoms with Crippen molar-refractivity contribution in [2.24, 2.45) is 4.99 Å². The number of ether oxygens (including phenoxy) is 2. The van der Waals surface area contributed by atoms with Crippen LogP contribution in [0.15, 0.2) is 46.0 Å². The molecule has 0 aliphatic carbocycles. The number of methoxy groups -OCH3 is 2. The first-order valence-corrected chi connectivity index (χ1v) is 10.9. The summed E-state index contributed by atoms with van der Waals surface area (Å²) in [6, 6.07) is 9.50. The van der Waals surface area contributed by atoms with Gasteiger partial charge in [-0.05, 0) is 37.3 Å². The van der Waals surface area contributed by atoms with E-state index < -0.39 is 0 Å². The van der Waals surface area contributed by atoms with Gasteiger partial charge >= 0.3 is 0 Å². The van der Waals surface area contributed by atoms with E-state index in [4.69, 9.17) is 13.9 Å². The Morgan fingerprint density at radius 1 is 1.12 bits per heavy atom. The van der Waals surface area contributed by atoms with Crippen LogP contribution in [0.5, 0.6) is 11.5 Å². The van der Waals surface area contributed by atoms with Gasteiger partial charge in [-0.15, -0.1) is 24.0 Å². The summed E-state index contributed by atoms with van der Waals surface area (Å²) in [6.07, 6.45) is 1.59. The number of carbonyl (C=O) groups excluding carboxylic acids is 1. The molecule has 10 heteroatoms. The molecule has 9 nitrogen and oxygen atoms in total. The highest BCUT2D eigenvalue weighted by Crippen LogP contribution is 2.25. The van der Waals surface area contributed by atoms with Crippen molar-refractivity contribution in [2.45, 2.75) is 20.0 Å². The Morgan fingerprint density at radius 3 is 2.55 bits per heavy atom. The van der Waals surface area contributed by atoms with E-state index in [0.717, 1.165) is 68.1 Å². The number of carbonyl (C=O) groups is 1. The fraction of sp³-hybridized carbons (Fsp3) is 0.478. The molecule has 1 aromatic carbocycles. The van der Waals surface area contributed by atoms with Crippen LogP contribution in [0.1, 0.15) is 18.2 Å². The Balaban J connectivity index is 0.00000385. The van der Waals surface area contributed by atoms with E-state index in [1.165, 1.54) is 0 Å². The highest BCUT2D eigenvalue weighted by atomic mass is 127. The molecule has 1 amide bonds. The van der Waals surface area contributed by atoms with Crippen molar-refractivity contribution >= 4 is 35.8 Å². The number of guanidine groups is 1. The van der Waals surface area contributed by atoms with Crippen LogP contribution in [0, 0.1) is 0 Å². The predicted molar refractivity (Wildman–Crippen MR) is 138 cm³/mol. The molecule has 0 spiro atoms. The summed E-state index contributed by atoms with van der Waals surface area (Å²) in [5.41, 5.74) is 1.11. The van der Waals surface area contributed by atoms with Crippen molar-refractivity contribution in [3.05, 3.63) is 47.9 Å². The number of hydrogen-bond acceptors (Lipinski definition) is 6. The molecule has 2 heterocycles. The predicted octanol–water partition coefficient (Wildman–Crippen LogP) is 2.31. The van der Waals surface area contributed by atoms with Crippen molar-refractivity contribution in [3.8, 4) is 11.5 Å². The Morgan fingerprint density at radius 2 is 1.91 bits per heavy atom. The summed E-state index contributed by atoms with van der Waals surface area (Å²) >= 11 is 0. The molecule has 0 unspecified atom stereocenters. The molecule has 0 bridgehead atoms. The van der Waals surface area contributed by atoms with Crippen molar-refractivity contribution in [2.75, 3.05) is 53.5 Å². The maximum atomic E-state index is 12.2. The highest BCUT2D eigenvalue weighted by molar-refractivity contribution is 14.0. The Labute approximate surface area is 212 Å². The van der Waals surface area contributed by atoms with E-state index in [-0.39, 0.29) is 36.4 Å². The van der Waals surface area contributed by atoms with Gasteiger partial charge in [0.25, 0.3) is 0 Å². The molecule has 1 fully saturated rings. The number of aliphatic imine (C=N–C) groups is 1. The first kappa shape index (κ1) is 26.8. The molecular weight excluding hydrogens is 537 g/mol. The van der Waals surface area contributed by atoms with Crippen LogP contribution in [0.4, 0.5) is 0 Å². The van der Waals surface area contributed by atoms with E-state index in [2.05, 4.69) is 25.4 Å². The summed E-state index contributed by atoms with van der Waals surface area (Å²) in [7, 11) is 3.36. The first-order valence-electron chi connectivity index (χ1n) is 10.9. The molecule has 0 radical (unpaired) electrons. The second kappa shape index (κ2) is 13.9. The summed E-state index contributed by atoms with van der Waals surface area (Å²) in [5.74, 6) is 3.04. The maximum Gasteiger partial charge on any atom is 0.242 e. The van der Waals surface area contributed by atoms with Gasteiger partial charge in [0.15, 0.2) is 5.96 Å². The molecule has 182 valence electrons. The van der Waals surface area contributed by atoms with E-state index in [1.54, 1.807) is 26.5 Å². The maximum absolute atomic E-state index is 12.2. The molecule has 33 heavy (non-hydrogen) atoms. The van der Waals surface area contributed by atoms with Crippen LogP contribution in [-0.2, 0) is 17.9 Å². The van der Waals surface area contributed by atoms with Gasteiger partial charge in [-0.1, -0.05) is 0 Å². The molecule has 3 rings (SSSR count). The van der Waals surface area contributed by atoms with Crippen LogP contribution in [0.2, 0.25) is 0 Å². The standard InChI is InChI=1S/C23H33N5O4.HI/c1-4-24-23(26-16-22(29)25-15-20-6-5-13-32-20)28-11-9-27(10-12-28)17-18-14-19(30-2)7-8-21(18)31-3;/h5-8,13-14H,4,9-12,15-17H2,1-3H3,(H,24,26)(H,25,29);1H. The monoisotopic (exact) mass is 571 g/mol. The molecule has 1 aromatic heterocycles. The van der Waals surface area contributed by atoms with Crippen molar-refractivity contribution in [3.63, 3.8) is 0 Å². The van der Waals surface area contributed by atoms with E-state index >= 15 is 0 Å². The van der Waals surface area contributed by atoms with Crippen LogP contribution >= 0.6 is 24.0 Å². The summed E-state index contributed by atoms with van der Waals surface area (Å²) in [5, 5.41) is 6.12. The van der Waals surface area contributed by atoms with Gasteiger partial charge in [0.1, 0.15) is 23.8 Å². The van der Waals surface area contributed by atoms with Crippen molar-refractivity contribution < 1.29 is 18.7 Å². The van der Waals surface area contributed by atoms with Crippen LogP contribution < -0.4 is 20.1 Å². The van der Waals surface area contributed by atoms with Crippen LogP contribution in [0.3, 0.4) is 0 Å². The first-order chi connectivity index (χ1) is 15.6. The lowest BCUT2D eigenvalue weighted by molar-refractivity contribution is -0.119. The van der Waals surface area contributed by atoms with E-state index in [9.17, 15) is 4.79 Å². The van der Waals surface area contributed by atoms with Gasteiger partial charge in [-0.2, -0.15) is 0 Å². The third-order valence-electron chi connectivity index (χ3n) is 5.30. The smallest absolute Gasteiger partial charge is 0.242 e. The Kier molecular flexibility index (Phi) is 11.3. The van der Waals surface area contributed by atoms with Gasteiger partial charge in [0.05, 0.1) is 27.0 Å². The van der Waals surface area contributed by atoms with Gasteiger partial charge in [0.2, 0.25) is 5.91 Å². The van der Waals surface area contributed by atoms with Gasteiger partial charge in [0, 0.05) is 44.8 Å². The summed E-state index contributed by atoms with van der Waals surface area (Å²) in [4.78, 5) is 21.3. The second-order valence-corrected chi connectivity index (χ2v) is 7.47. The van der Waals surface area contributed by atoms with Crippen LogP contribution in [-0.4, -0.2) is 75.2 Å². The van der Waals surface area contributed by atoms with Crippen molar-refractivity contribution in [1.82, 2.24) is 20.4 Å². The number of hydrogen-bond donors (Lipinski definition) is 2. The number of halogens is 1. The molecule has 1 aliphatic rings. The van der Waals surface area contributed by atoms with E-state index in [0.29, 0.717) is 6.54 Å². The second-order valence-electron chi connectivity index (χ2n) is 7.47. The quantitative estimate of drug-likeness (QED) is 0.271. The normalized spacial score (nSPS) is 14.4. The fourth-order valence-electron chi connectivity index (χ4n) is 3.59. The number of furan rings is 1. The topological polar surface area (TPSA) is 91.6 Å². The lowest BCUT2D eigenvalue weighted by Gasteiger charge is -2.36. The summed E-state index contributed by atoms with van der Waals surface area (Å²) < 4.78 is 16.1. The third-order valence-corrected chi connectivity index (χ3v) is 5.30. The van der Waals surface area contributed by atoms with Gasteiger partial charge in [-0.25, -0.2) is 4.99 Å². The summed E-state index contributed by atoms with van der Waals surface area (Å²) in [6.45, 7) is 7.42. The van der Waals surface area contributed by atoms with Gasteiger partial charge < -0.3 is 29.4 Å². The minimum Gasteiger partial charge on any atom is -0.497 e. The molecule has 2 N–H and O–H groups in total. The lowest BCUT2D eigenvalue weighted by Crippen LogP contribution is -2.52. The molecular formula is C23H34IN5O4. The molecule has 1 aliphatic heterocycles.